The molecule has 1 aliphatic heterocycles. The van der Waals surface area contributed by atoms with Crippen molar-refractivity contribution in [2.24, 2.45) is 4.99 Å². The SMILES string of the molecule is Cc1ccc(N(CC2=NCCN2C(=O)OCCC(C)(C)S)c2cccc(OC(=O)OCCC(C)(C)S)c2)cc1. The van der Waals surface area contributed by atoms with E-state index in [-0.39, 0.29) is 22.7 Å². The summed E-state index contributed by atoms with van der Waals surface area (Å²) in [4.78, 5) is 33.3. The number of hydrogen-bond donors (Lipinski definition) is 2. The maximum Gasteiger partial charge on any atom is 0.513 e. The first-order chi connectivity index (χ1) is 18.3. The summed E-state index contributed by atoms with van der Waals surface area (Å²) in [5.74, 6) is 0.949. The van der Waals surface area contributed by atoms with Gasteiger partial charge in [-0.05, 0) is 44.0 Å². The monoisotopic (exact) mass is 573 g/mol. The highest BCUT2D eigenvalue weighted by Crippen LogP contribution is 2.30. The summed E-state index contributed by atoms with van der Waals surface area (Å²) in [6.07, 6.45) is 0.0427. The zero-order chi connectivity index (χ0) is 28.6. The van der Waals surface area contributed by atoms with Gasteiger partial charge in [0.2, 0.25) is 0 Å². The lowest BCUT2D eigenvalue weighted by Gasteiger charge is -2.28. The van der Waals surface area contributed by atoms with Crippen molar-refractivity contribution in [1.82, 2.24) is 4.90 Å². The molecule has 8 nitrogen and oxygen atoms in total. The minimum absolute atomic E-state index is 0.210. The number of amidine groups is 1. The Morgan fingerprint density at radius 2 is 1.59 bits per heavy atom. The van der Waals surface area contributed by atoms with Crippen molar-refractivity contribution < 1.29 is 23.8 Å². The van der Waals surface area contributed by atoms with Crippen LogP contribution in [0.4, 0.5) is 21.0 Å². The summed E-state index contributed by atoms with van der Waals surface area (Å²) >= 11 is 8.94. The van der Waals surface area contributed by atoms with Gasteiger partial charge < -0.3 is 19.1 Å². The van der Waals surface area contributed by atoms with Crippen LogP contribution in [0, 0.1) is 6.92 Å². The Kier molecular flexibility index (Phi) is 10.6. The molecular weight excluding hydrogens is 534 g/mol. The number of thiol groups is 2. The fraction of sp³-hybridized carbons (Fsp3) is 0.483. The number of carbonyl (C=O) groups is 2. The first-order valence-corrected chi connectivity index (χ1v) is 13.9. The molecule has 3 rings (SSSR count). The van der Waals surface area contributed by atoms with Crippen LogP contribution in [0.25, 0.3) is 0 Å². The van der Waals surface area contributed by atoms with Crippen molar-refractivity contribution in [3.05, 3.63) is 54.1 Å². The number of rotatable bonds is 11. The third kappa shape index (κ3) is 10.3. The number of carbonyl (C=O) groups excluding carboxylic acids is 2. The number of benzene rings is 2. The number of amides is 1. The van der Waals surface area contributed by atoms with E-state index < -0.39 is 12.2 Å². The molecule has 0 N–H and O–H groups in total. The zero-order valence-corrected chi connectivity index (χ0v) is 25.1. The number of aliphatic imine (C=N–C) groups is 1. The van der Waals surface area contributed by atoms with Crippen LogP contribution in [0.15, 0.2) is 53.5 Å². The smallest absolute Gasteiger partial charge is 0.449 e. The molecule has 0 radical (unpaired) electrons. The van der Waals surface area contributed by atoms with Gasteiger partial charge in [0, 0.05) is 26.9 Å². The van der Waals surface area contributed by atoms with E-state index in [9.17, 15) is 9.59 Å². The Labute approximate surface area is 242 Å². The highest BCUT2D eigenvalue weighted by Gasteiger charge is 2.28. The molecule has 212 valence electrons. The maximum absolute atomic E-state index is 12.9. The predicted molar refractivity (Wildman–Crippen MR) is 162 cm³/mol. The summed E-state index contributed by atoms with van der Waals surface area (Å²) in [6.45, 7) is 11.6. The number of hydrogen-bond acceptors (Lipinski definition) is 9. The largest absolute Gasteiger partial charge is 0.513 e. The molecule has 1 amide bonds. The second-order valence-corrected chi connectivity index (χ2v) is 13.2. The summed E-state index contributed by atoms with van der Waals surface area (Å²) < 4.78 is 15.7. The molecule has 0 saturated heterocycles. The van der Waals surface area contributed by atoms with Gasteiger partial charge in [0.25, 0.3) is 0 Å². The van der Waals surface area contributed by atoms with Crippen LogP contribution in [0.2, 0.25) is 0 Å². The highest BCUT2D eigenvalue weighted by molar-refractivity contribution is 7.81. The molecule has 2 aromatic rings. The van der Waals surface area contributed by atoms with Crippen LogP contribution in [-0.4, -0.2) is 65.3 Å². The molecule has 0 aromatic heterocycles. The molecule has 0 aliphatic carbocycles. The van der Waals surface area contributed by atoms with Gasteiger partial charge >= 0.3 is 12.2 Å². The lowest BCUT2D eigenvalue weighted by molar-refractivity contribution is 0.0962. The Balaban J connectivity index is 1.76. The van der Waals surface area contributed by atoms with E-state index in [4.69, 9.17) is 14.2 Å². The second kappa shape index (κ2) is 13.5. The van der Waals surface area contributed by atoms with Gasteiger partial charge in [-0.15, -0.1) is 0 Å². The third-order valence-corrected chi connectivity index (χ3v) is 6.45. The van der Waals surface area contributed by atoms with E-state index in [1.165, 1.54) is 0 Å². The third-order valence-electron chi connectivity index (χ3n) is 6.00. The van der Waals surface area contributed by atoms with Crippen molar-refractivity contribution in [1.29, 1.82) is 0 Å². The first kappa shape index (κ1) is 30.7. The second-order valence-electron chi connectivity index (χ2n) is 10.8. The summed E-state index contributed by atoms with van der Waals surface area (Å²) in [5, 5.41) is 0. The molecular formula is C29H39N3O5S2. The van der Waals surface area contributed by atoms with Crippen molar-refractivity contribution in [3.63, 3.8) is 0 Å². The summed E-state index contributed by atoms with van der Waals surface area (Å²) in [5.41, 5.74) is 2.79. The lowest BCUT2D eigenvalue weighted by Crippen LogP contribution is -2.41. The minimum Gasteiger partial charge on any atom is -0.449 e. The minimum atomic E-state index is -0.773. The summed E-state index contributed by atoms with van der Waals surface area (Å²) in [7, 11) is 0. The Morgan fingerprint density at radius 3 is 2.23 bits per heavy atom. The topological polar surface area (TPSA) is 80.7 Å². The van der Waals surface area contributed by atoms with Gasteiger partial charge in [0.15, 0.2) is 0 Å². The number of ether oxygens (including phenoxy) is 3. The van der Waals surface area contributed by atoms with Crippen molar-refractivity contribution in [3.8, 4) is 5.75 Å². The van der Waals surface area contributed by atoms with Crippen LogP contribution in [0.3, 0.4) is 0 Å². The van der Waals surface area contributed by atoms with Gasteiger partial charge in [0.1, 0.15) is 11.6 Å². The number of aryl methyl sites for hydroxylation is 1. The molecule has 0 bridgehead atoms. The quantitative estimate of drug-likeness (QED) is 0.177. The number of nitrogens with zero attached hydrogens (tertiary/aromatic N) is 3. The van der Waals surface area contributed by atoms with Crippen molar-refractivity contribution >= 4 is 54.7 Å². The van der Waals surface area contributed by atoms with E-state index >= 15 is 0 Å². The van der Waals surface area contributed by atoms with E-state index in [0.717, 1.165) is 16.9 Å². The molecule has 39 heavy (non-hydrogen) atoms. The number of anilines is 2. The standard InChI is InChI=1S/C29H39N3O5S2/c1-21-9-11-22(12-10-21)32(20-25-30-15-16-31(25)26(33)35-17-13-28(2,3)38)23-7-6-8-24(19-23)37-27(34)36-18-14-29(4,5)39/h6-12,19,38-39H,13-18,20H2,1-5H3. The first-order valence-electron chi connectivity index (χ1n) is 13.0. The summed E-state index contributed by atoms with van der Waals surface area (Å²) in [6, 6.07) is 15.2. The van der Waals surface area contributed by atoms with E-state index in [1.54, 1.807) is 23.1 Å². The molecule has 0 atom stereocenters. The maximum atomic E-state index is 12.9. The van der Waals surface area contributed by atoms with Gasteiger partial charge in [-0.2, -0.15) is 25.3 Å². The molecule has 10 heteroatoms. The fourth-order valence-corrected chi connectivity index (χ4v) is 3.90. The molecule has 1 heterocycles. The lowest BCUT2D eigenvalue weighted by atomic mass is 10.1. The molecule has 0 fully saturated rings. The normalized spacial score (nSPS) is 13.6. The van der Waals surface area contributed by atoms with Crippen LogP contribution in [0.5, 0.6) is 5.75 Å². The average Bonchev–Trinajstić information content (AvgIpc) is 3.30. The molecule has 0 spiro atoms. The van der Waals surface area contributed by atoms with Crippen molar-refractivity contribution in [2.45, 2.75) is 57.0 Å². The van der Waals surface area contributed by atoms with Gasteiger partial charge in [-0.25, -0.2) is 9.59 Å². The van der Waals surface area contributed by atoms with Crippen LogP contribution in [-0.2, 0) is 9.47 Å². The Morgan fingerprint density at radius 1 is 0.949 bits per heavy atom. The van der Waals surface area contributed by atoms with Crippen molar-refractivity contribution in [2.75, 3.05) is 37.7 Å². The predicted octanol–water partition coefficient (Wildman–Crippen LogP) is 6.70. The van der Waals surface area contributed by atoms with Crippen LogP contribution in [0.1, 0.15) is 46.1 Å². The van der Waals surface area contributed by atoms with Crippen LogP contribution < -0.4 is 9.64 Å². The molecule has 0 unspecified atom stereocenters. The zero-order valence-electron chi connectivity index (χ0n) is 23.3. The average molecular weight is 574 g/mol. The van der Waals surface area contributed by atoms with E-state index in [1.807, 2.05) is 69.9 Å². The Bertz CT molecular complexity index is 1160. The fourth-order valence-electron chi connectivity index (χ4n) is 3.71. The van der Waals surface area contributed by atoms with Gasteiger partial charge in [-0.3, -0.25) is 9.89 Å². The van der Waals surface area contributed by atoms with E-state index in [0.29, 0.717) is 44.1 Å². The van der Waals surface area contributed by atoms with Gasteiger partial charge in [-0.1, -0.05) is 51.5 Å². The van der Waals surface area contributed by atoms with Gasteiger partial charge in [0.05, 0.1) is 32.8 Å². The van der Waals surface area contributed by atoms with E-state index in [2.05, 4.69) is 30.2 Å². The highest BCUT2D eigenvalue weighted by atomic mass is 32.1. The molecule has 0 saturated carbocycles. The molecule has 1 aliphatic rings. The Hall–Kier alpha value is -2.85. The van der Waals surface area contributed by atoms with Crippen LogP contribution >= 0.6 is 25.3 Å². The molecule has 2 aromatic carbocycles.